The van der Waals surface area contributed by atoms with Gasteiger partial charge in [-0.3, -0.25) is 14.4 Å². The van der Waals surface area contributed by atoms with Gasteiger partial charge in [0.2, 0.25) is 5.78 Å². The summed E-state index contributed by atoms with van der Waals surface area (Å²) in [5.41, 5.74) is 0.276. The van der Waals surface area contributed by atoms with E-state index in [1.807, 2.05) is 0 Å². The quantitative estimate of drug-likeness (QED) is 0.0828. The van der Waals surface area contributed by atoms with Crippen LogP contribution < -0.4 is 0 Å². The van der Waals surface area contributed by atoms with Crippen LogP contribution in [0.15, 0.2) is 30.3 Å². The van der Waals surface area contributed by atoms with Gasteiger partial charge in [0.15, 0.2) is 0 Å². The van der Waals surface area contributed by atoms with Gasteiger partial charge < -0.3 is 38.3 Å². The fourth-order valence-corrected chi connectivity index (χ4v) is 2.56. The molecule has 38 heavy (non-hydrogen) atoms. The molecule has 0 spiro atoms. The molecule has 0 radical (unpaired) electrons. The Labute approximate surface area is 220 Å². The maximum Gasteiger partial charge on any atom is 0.379 e. The molecule has 0 bridgehead atoms. The normalized spacial score (nSPS) is 10.6. The van der Waals surface area contributed by atoms with Crippen molar-refractivity contribution in [1.82, 2.24) is 0 Å². The van der Waals surface area contributed by atoms with Crippen molar-refractivity contribution >= 4 is 29.5 Å². The lowest BCUT2D eigenvalue weighted by molar-refractivity contribution is -0.151. The Bertz CT molecular complexity index is 841. The van der Waals surface area contributed by atoms with Crippen LogP contribution in [0.3, 0.4) is 0 Å². The number of aliphatic carboxylic acids is 1. The molecule has 1 aromatic rings. The van der Waals surface area contributed by atoms with Crippen LogP contribution in [-0.4, -0.2) is 114 Å². The number of hydrogen-bond acceptors (Lipinski definition) is 12. The van der Waals surface area contributed by atoms with Gasteiger partial charge in [0.1, 0.15) is 13.2 Å². The number of carbonyl (C=O) groups excluding carboxylic acids is 4. The van der Waals surface area contributed by atoms with Crippen LogP contribution in [0.5, 0.6) is 0 Å². The van der Waals surface area contributed by atoms with Crippen molar-refractivity contribution < 1.29 is 62.2 Å². The standard InChI is InChI=1S/C25H34O13/c26-21(24(29)30)6-7-22(27)37-18-16-35-14-12-33-10-8-32-9-11-34-13-15-36-17-19-38-25(31)23(28)20-4-2-1-3-5-20/h1-5H,6-19H2,(H,29,30). The summed E-state index contributed by atoms with van der Waals surface area (Å²) in [6.07, 6.45) is -0.682. The number of carboxylic acids is 1. The van der Waals surface area contributed by atoms with E-state index in [2.05, 4.69) is 0 Å². The molecule has 0 heterocycles. The smallest absolute Gasteiger partial charge is 0.379 e. The summed E-state index contributed by atoms with van der Waals surface area (Å²) < 4.78 is 36.2. The van der Waals surface area contributed by atoms with Crippen molar-refractivity contribution in [2.45, 2.75) is 12.8 Å². The summed E-state index contributed by atoms with van der Waals surface area (Å²) >= 11 is 0. The third-order valence-electron chi connectivity index (χ3n) is 4.46. The van der Waals surface area contributed by atoms with E-state index in [-0.39, 0.29) is 38.4 Å². The lowest BCUT2D eigenvalue weighted by Gasteiger charge is -2.08. The van der Waals surface area contributed by atoms with E-state index in [1.54, 1.807) is 30.3 Å². The van der Waals surface area contributed by atoms with E-state index in [1.165, 1.54) is 0 Å². The number of rotatable bonds is 24. The van der Waals surface area contributed by atoms with Gasteiger partial charge in [-0.1, -0.05) is 30.3 Å². The lowest BCUT2D eigenvalue weighted by Crippen LogP contribution is -2.20. The summed E-state index contributed by atoms with van der Waals surface area (Å²) in [6.45, 7) is 3.02. The first-order valence-electron chi connectivity index (χ1n) is 12.0. The second-order valence-electron chi connectivity index (χ2n) is 7.34. The summed E-state index contributed by atoms with van der Waals surface area (Å²) in [6, 6.07) is 8.16. The topological polar surface area (TPSA) is 170 Å². The first-order chi connectivity index (χ1) is 18.4. The molecule has 0 aromatic heterocycles. The summed E-state index contributed by atoms with van der Waals surface area (Å²) in [7, 11) is 0. The number of ketones is 2. The minimum Gasteiger partial charge on any atom is -0.476 e. The van der Waals surface area contributed by atoms with Crippen LogP contribution in [0.2, 0.25) is 0 Å². The molecular weight excluding hydrogens is 508 g/mol. The molecule has 0 saturated heterocycles. The Balaban J connectivity index is 1.78. The van der Waals surface area contributed by atoms with Crippen molar-refractivity contribution in [1.29, 1.82) is 0 Å². The van der Waals surface area contributed by atoms with Gasteiger partial charge in [-0.15, -0.1) is 0 Å². The molecular formula is C25H34O13. The maximum absolute atomic E-state index is 11.8. The van der Waals surface area contributed by atoms with Crippen LogP contribution in [-0.2, 0) is 52.3 Å². The molecule has 1 aromatic carbocycles. The molecule has 0 atom stereocenters. The predicted octanol–water partition coefficient (Wildman–Crippen LogP) is 0.473. The number of ether oxygens (including phenoxy) is 7. The van der Waals surface area contributed by atoms with E-state index in [0.29, 0.717) is 52.9 Å². The predicted molar refractivity (Wildman–Crippen MR) is 129 cm³/mol. The van der Waals surface area contributed by atoms with Crippen LogP contribution in [0, 0.1) is 0 Å². The van der Waals surface area contributed by atoms with E-state index in [0.717, 1.165) is 0 Å². The average Bonchev–Trinajstić information content (AvgIpc) is 2.92. The molecule has 0 aliphatic rings. The highest BCUT2D eigenvalue weighted by molar-refractivity contribution is 6.40. The number of hydrogen-bond donors (Lipinski definition) is 1. The van der Waals surface area contributed by atoms with E-state index in [4.69, 9.17) is 38.3 Å². The van der Waals surface area contributed by atoms with E-state index >= 15 is 0 Å². The number of benzene rings is 1. The Morgan fingerprint density at radius 1 is 0.553 bits per heavy atom. The van der Waals surface area contributed by atoms with Crippen LogP contribution in [0.1, 0.15) is 23.2 Å². The molecule has 212 valence electrons. The van der Waals surface area contributed by atoms with Crippen LogP contribution >= 0.6 is 0 Å². The third kappa shape index (κ3) is 17.3. The van der Waals surface area contributed by atoms with Gasteiger partial charge in [-0.25, -0.2) is 9.59 Å². The zero-order valence-corrected chi connectivity index (χ0v) is 21.1. The zero-order chi connectivity index (χ0) is 27.8. The minimum absolute atomic E-state index is 0.00252. The Hall–Kier alpha value is -3.23. The second kappa shape index (κ2) is 21.8. The van der Waals surface area contributed by atoms with Crippen molar-refractivity contribution in [2.75, 3.05) is 79.3 Å². The highest BCUT2D eigenvalue weighted by Gasteiger charge is 2.17. The van der Waals surface area contributed by atoms with Crippen LogP contribution in [0.25, 0.3) is 0 Å². The highest BCUT2D eigenvalue weighted by Crippen LogP contribution is 2.01. The molecule has 0 unspecified atom stereocenters. The summed E-state index contributed by atoms with van der Waals surface area (Å²) in [5.74, 6) is -4.89. The Kier molecular flexibility index (Phi) is 18.8. The molecule has 0 fully saturated rings. The van der Waals surface area contributed by atoms with Gasteiger partial charge in [-0.2, -0.15) is 0 Å². The Morgan fingerprint density at radius 2 is 0.974 bits per heavy atom. The van der Waals surface area contributed by atoms with Gasteiger partial charge in [-0.05, 0) is 0 Å². The van der Waals surface area contributed by atoms with Crippen molar-refractivity contribution in [2.24, 2.45) is 0 Å². The number of carbonyl (C=O) groups is 5. The monoisotopic (exact) mass is 542 g/mol. The SMILES string of the molecule is O=C(CCC(=O)C(=O)O)OCCOCCOCCOCCOCCOCCOC(=O)C(=O)c1ccccc1. The molecule has 0 saturated carbocycles. The van der Waals surface area contributed by atoms with Crippen molar-refractivity contribution in [3.8, 4) is 0 Å². The molecule has 0 aliphatic heterocycles. The number of esters is 2. The first kappa shape index (κ1) is 32.8. The fourth-order valence-electron chi connectivity index (χ4n) is 2.56. The Morgan fingerprint density at radius 3 is 1.42 bits per heavy atom. The largest absolute Gasteiger partial charge is 0.476 e. The molecule has 0 amide bonds. The van der Waals surface area contributed by atoms with Crippen molar-refractivity contribution in [3.63, 3.8) is 0 Å². The molecule has 13 heteroatoms. The molecule has 13 nitrogen and oxygen atoms in total. The summed E-state index contributed by atoms with van der Waals surface area (Å²) in [5, 5.41) is 8.41. The first-order valence-corrected chi connectivity index (χ1v) is 12.0. The van der Waals surface area contributed by atoms with E-state index < -0.39 is 35.9 Å². The minimum atomic E-state index is -1.57. The fraction of sp³-hybridized carbons (Fsp3) is 0.560. The molecule has 0 aliphatic carbocycles. The zero-order valence-electron chi connectivity index (χ0n) is 21.1. The van der Waals surface area contributed by atoms with Gasteiger partial charge in [0, 0.05) is 12.0 Å². The van der Waals surface area contributed by atoms with Crippen LogP contribution in [0.4, 0.5) is 0 Å². The van der Waals surface area contributed by atoms with Gasteiger partial charge in [0.25, 0.3) is 5.78 Å². The number of carboxylic acid groups (broad SMARTS) is 1. The van der Waals surface area contributed by atoms with Crippen molar-refractivity contribution in [3.05, 3.63) is 35.9 Å². The summed E-state index contributed by atoms with van der Waals surface area (Å²) in [4.78, 5) is 56.0. The third-order valence-corrected chi connectivity index (χ3v) is 4.46. The maximum atomic E-state index is 11.8. The molecule has 1 rings (SSSR count). The van der Waals surface area contributed by atoms with E-state index in [9.17, 15) is 24.0 Å². The van der Waals surface area contributed by atoms with Gasteiger partial charge >= 0.3 is 17.9 Å². The second-order valence-corrected chi connectivity index (χ2v) is 7.34. The lowest BCUT2D eigenvalue weighted by atomic mass is 10.1. The van der Waals surface area contributed by atoms with Gasteiger partial charge in [0.05, 0.1) is 72.5 Å². The highest BCUT2D eigenvalue weighted by atomic mass is 16.6. The average molecular weight is 543 g/mol. The number of Topliss-reactive ketones (excluding diaryl/α,β-unsaturated/α-hetero) is 2. The molecule has 1 N–H and O–H groups in total.